The number of nitrogens with zero attached hydrogens (tertiary/aromatic N) is 2. The number of likely N-dealkylation sites (N-methyl/N-ethyl adjacent to an activating group) is 1. The molecule has 49 heavy (non-hydrogen) atoms. The van der Waals surface area contributed by atoms with E-state index in [9.17, 15) is 18.3 Å². The molecule has 0 unspecified atom stereocenters. The van der Waals surface area contributed by atoms with Crippen LogP contribution in [0.15, 0.2) is 71.6 Å². The van der Waals surface area contributed by atoms with E-state index in [1.165, 1.54) is 25.3 Å². The Morgan fingerprint density at radius 1 is 1.00 bits per heavy atom. The third kappa shape index (κ3) is 10.6. The molecule has 12 heteroatoms. The van der Waals surface area contributed by atoms with Crippen LogP contribution >= 0.6 is 0 Å². The number of benzene rings is 3. The van der Waals surface area contributed by atoms with Crippen molar-refractivity contribution in [1.82, 2.24) is 9.80 Å². The zero-order chi connectivity index (χ0) is 35.6. The predicted molar refractivity (Wildman–Crippen MR) is 190 cm³/mol. The summed E-state index contributed by atoms with van der Waals surface area (Å²) in [5.74, 6) is 1.23. The van der Waals surface area contributed by atoms with Gasteiger partial charge in [0.1, 0.15) is 17.2 Å². The lowest BCUT2D eigenvalue weighted by Crippen LogP contribution is -2.47. The molecule has 11 nitrogen and oxygen atoms in total. The fourth-order valence-corrected chi connectivity index (χ4v) is 6.88. The predicted octanol–water partition coefficient (Wildman–Crippen LogP) is 5.43. The number of fused-ring (bicyclic) bond motifs is 1. The van der Waals surface area contributed by atoms with E-state index in [2.05, 4.69) is 23.6 Å². The first-order valence-electron chi connectivity index (χ1n) is 16.8. The second kappa shape index (κ2) is 17.7. The van der Waals surface area contributed by atoms with Crippen molar-refractivity contribution in [2.24, 2.45) is 5.92 Å². The van der Waals surface area contributed by atoms with Crippen LogP contribution in [0.2, 0.25) is 0 Å². The zero-order valence-corrected chi connectivity index (χ0v) is 30.2. The molecule has 1 aliphatic rings. The second-order valence-corrected chi connectivity index (χ2v) is 14.5. The van der Waals surface area contributed by atoms with E-state index < -0.39 is 16.1 Å². The molecular weight excluding hydrogens is 646 g/mol. The summed E-state index contributed by atoms with van der Waals surface area (Å²) in [6, 6.07) is 18.2. The molecule has 1 amide bonds. The molecule has 0 saturated heterocycles. The Hall–Kier alpha value is -3.84. The standard InChI is InChI=1S/C37H51N3O8S/c1-26-22-40(27(2)25-41)37(42)34-21-30(38-49(43,44)33-17-15-32(46-6)16-18-33)12-19-35(34)48-28(3)9-7-8-20-47-36(26)24-39(4)23-29-10-13-31(45-5)14-11-29/h10-19,21,26-28,36,38,41H,7-9,20,22-25H2,1-6H3/t26-,27+,28+,36+/m0/s1. The quantitative estimate of drug-likeness (QED) is 0.270. The van der Waals surface area contributed by atoms with E-state index in [-0.39, 0.29) is 46.8 Å². The van der Waals surface area contributed by atoms with E-state index >= 15 is 0 Å². The van der Waals surface area contributed by atoms with Gasteiger partial charge in [0.05, 0.1) is 49.5 Å². The molecule has 1 heterocycles. The Kier molecular flexibility index (Phi) is 13.7. The number of carbonyl (C=O) groups excluding carboxylic acids is 1. The van der Waals surface area contributed by atoms with Crippen LogP contribution in [0.5, 0.6) is 17.2 Å². The molecule has 268 valence electrons. The fraction of sp³-hybridized carbons (Fsp3) is 0.486. The molecule has 2 N–H and O–H groups in total. The number of nitrogens with one attached hydrogen (secondary N) is 1. The Morgan fingerprint density at radius 3 is 2.29 bits per heavy atom. The van der Waals surface area contributed by atoms with Crippen LogP contribution < -0.4 is 18.9 Å². The normalized spacial score (nSPS) is 20.1. The Morgan fingerprint density at radius 2 is 1.65 bits per heavy atom. The molecule has 0 spiro atoms. The van der Waals surface area contributed by atoms with Crippen LogP contribution in [0, 0.1) is 5.92 Å². The van der Waals surface area contributed by atoms with Crippen LogP contribution in [-0.4, -0.2) is 95.1 Å². The first-order chi connectivity index (χ1) is 23.4. The molecule has 4 rings (SSSR count). The van der Waals surface area contributed by atoms with Gasteiger partial charge in [-0.05, 0) is 100 Å². The average molecular weight is 698 g/mol. The molecule has 3 aromatic carbocycles. The van der Waals surface area contributed by atoms with E-state index in [0.29, 0.717) is 37.7 Å². The minimum Gasteiger partial charge on any atom is -0.497 e. The van der Waals surface area contributed by atoms with Gasteiger partial charge in [-0.25, -0.2) is 8.42 Å². The Bertz CT molecular complexity index is 1600. The number of aliphatic hydroxyl groups excluding tert-OH is 1. The average Bonchev–Trinajstić information content (AvgIpc) is 3.09. The van der Waals surface area contributed by atoms with Gasteiger partial charge in [0, 0.05) is 37.8 Å². The van der Waals surface area contributed by atoms with Gasteiger partial charge in [0.25, 0.3) is 15.9 Å². The zero-order valence-electron chi connectivity index (χ0n) is 29.4. The van der Waals surface area contributed by atoms with E-state index in [4.69, 9.17) is 18.9 Å². The van der Waals surface area contributed by atoms with E-state index in [1.54, 1.807) is 43.2 Å². The number of amides is 1. The van der Waals surface area contributed by atoms with Crippen LogP contribution in [0.3, 0.4) is 0 Å². The lowest BCUT2D eigenvalue weighted by Gasteiger charge is -2.36. The first-order valence-corrected chi connectivity index (χ1v) is 18.2. The smallest absolute Gasteiger partial charge is 0.261 e. The maximum Gasteiger partial charge on any atom is 0.261 e. The van der Waals surface area contributed by atoms with Gasteiger partial charge < -0.3 is 29.0 Å². The van der Waals surface area contributed by atoms with Crippen LogP contribution in [0.4, 0.5) is 5.69 Å². The highest BCUT2D eigenvalue weighted by Gasteiger charge is 2.31. The number of aliphatic hydroxyl groups is 1. The largest absolute Gasteiger partial charge is 0.497 e. The van der Waals surface area contributed by atoms with Crippen molar-refractivity contribution in [1.29, 1.82) is 0 Å². The number of rotatable bonds is 11. The van der Waals surface area contributed by atoms with Crippen molar-refractivity contribution in [3.63, 3.8) is 0 Å². The summed E-state index contributed by atoms with van der Waals surface area (Å²) in [5, 5.41) is 10.3. The number of hydrogen-bond donors (Lipinski definition) is 2. The summed E-state index contributed by atoms with van der Waals surface area (Å²) in [6.07, 6.45) is 2.08. The molecule has 0 saturated carbocycles. The number of hydrogen-bond acceptors (Lipinski definition) is 9. The Labute approximate surface area is 291 Å². The molecule has 3 aromatic rings. The topological polar surface area (TPSA) is 127 Å². The van der Waals surface area contributed by atoms with Gasteiger partial charge in [-0.3, -0.25) is 14.4 Å². The highest BCUT2D eigenvalue weighted by molar-refractivity contribution is 7.92. The lowest BCUT2D eigenvalue weighted by molar-refractivity contribution is -0.0177. The van der Waals surface area contributed by atoms with E-state index in [0.717, 1.165) is 30.6 Å². The summed E-state index contributed by atoms with van der Waals surface area (Å²) in [5.41, 5.74) is 1.57. The van der Waals surface area contributed by atoms with E-state index in [1.807, 2.05) is 31.2 Å². The van der Waals surface area contributed by atoms with Crippen LogP contribution in [-0.2, 0) is 21.3 Å². The van der Waals surface area contributed by atoms with Crippen molar-refractivity contribution in [3.8, 4) is 17.2 Å². The molecule has 0 radical (unpaired) electrons. The monoisotopic (exact) mass is 697 g/mol. The summed E-state index contributed by atoms with van der Waals surface area (Å²) in [4.78, 5) is 18.3. The molecule has 4 atom stereocenters. The summed E-state index contributed by atoms with van der Waals surface area (Å²) >= 11 is 0. The molecule has 0 fully saturated rings. The van der Waals surface area contributed by atoms with Gasteiger partial charge in [-0.1, -0.05) is 19.1 Å². The number of carbonyl (C=O) groups is 1. The van der Waals surface area contributed by atoms with Crippen molar-refractivity contribution >= 4 is 21.6 Å². The summed E-state index contributed by atoms with van der Waals surface area (Å²) in [6.45, 7) is 7.78. The fourth-order valence-electron chi connectivity index (χ4n) is 5.83. The second-order valence-electron chi connectivity index (χ2n) is 12.8. The number of ether oxygens (including phenoxy) is 4. The van der Waals surface area contributed by atoms with Gasteiger partial charge in [0.2, 0.25) is 0 Å². The minimum atomic E-state index is -3.97. The maximum atomic E-state index is 14.4. The van der Waals surface area contributed by atoms with Gasteiger partial charge >= 0.3 is 0 Å². The van der Waals surface area contributed by atoms with Crippen LogP contribution in [0.1, 0.15) is 56.0 Å². The third-order valence-electron chi connectivity index (χ3n) is 8.78. The molecule has 0 aliphatic carbocycles. The van der Waals surface area contributed by atoms with Gasteiger partial charge in [0.15, 0.2) is 0 Å². The Balaban J connectivity index is 1.62. The van der Waals surface area contributed by atoms with Crippen molar-refractivity contribution in [2.45, 2.75) is 69.7 Å². The van der Waals surface area contributed by atoms with Crippen molar-refractivity contribution in [2.75, 3.05) is 52.3 Å². The molecule has 0 bridgehead atoms. The van der Waals surface area contributed by atoms with Gasteiger partial charge in [-0.15, -0.1) is 0 Å². The lowest BCUT2D eigenvalue weighted by atomic mass is 10.0. The minimum absolute atomic E-state index is 0.0527. The maximum absolute atomic E-state index is 14.4. The summed E-state index contributed by atoms with van der Waals surface area (Å²) < 4.78 is 52.4. The number of sulfonamides is 1. The molecule has 1 aliphatic heterocycles. The van der Waals surface area contributed by atoms with Crippen molar-refractivity contribution < 1.29 is 37.3 Å². The third-order valence-corrected chi connectivity index (χ3v) is 10.2. The van der Waals surface area contributed by atoms with Crippen LogP contribution in [0.25, 0.3) is 0 Å². The van der Waals surface area contributed by atoms with Gasteiger partial charge in [-0.2, -0.15) is 0 Å². The molecular formula is C37H51N3O8S. The molecule has 0 aromatic heterocycles. The number of methoxy groups -OCH3 is 2. The highest BCUT2D eigenvalue weighted by Crippen LogP contribution is 2.30. The SMILES string of the molecule is COc1ccc(CN(C)C[C@H]2OCCCC[C@@H](C)Oc3ccc(NS(=O)(=O)c4ccc(OC)cc4)cc3C(=O)N([C@H](C)CO)C[C@@H]2C)cc1. The first kappa shape index (κ1) is 38.0. The number of anilines is 1. The van der Waals surface area contributed by atoms with Crippen molar-refractivity contribution in [3.05, 3.63) is 77.9 Å². The highest BCUT2D eigenvalue weighted by atomic mass is 32.2. The summed E-state index contributed by atoms with van der Waals surface area (Å²) in [7, 11) is 1.24.